The second kappa shape index (κ2) is 7.57. The molecule has 0 atom stereocenters. The molecule has 1 saturated carbocycles. The number of hydrogen-bond donors (Lipinski definition) is 1. The first-order valence-electron chi connectivity index (χ1n) is 9.10. The Morgan fingerprint density at radius 1 is 1.10 bits per heavy atom. The summed E-state index contributed by atoms with van der Waals surface area (Å²) >= 11 is 0. The number of pyridine rings is 1. The van der Waals surface area contributed by atoms with Gasteiger partial charge < -0.3 is 10.2 Å². The molecule has 1 fully saturated rings. The number of halogens is 3. The van der Waals surface area contributed by atoms with E-state index in [9.17, 15) is 18.0 Å². The van der Waals surface area contributed by atoms with E-state index in [2.05, 4.69) is 15.4 Å². The largest absolute Gasteiger partial charge is 0.435 e. The van der Waals surface area contributed by atoms with Crippen molar-refractivity contribution in [2.45, 2.75) is 31.6 Å². The van der Waals surface area contributed by atoms with E-state index in [0.717, 1.165) is 29.2 Å². The molecule has 0 radical (unpaired) electrons. The summed E-state index contributed by atoms with van der Waals surface area (Å²) in [6, 6.07) is 11.2. The summed E-state index contributed by atoms with van der Waals surface area (Å²) in [5, 5.41) is 6.39. The lowest BCUT2D eigenvalue weighted by atomic mass is 10.2. The SMILES string of the molecule is O=C(Nc1ccc(-n2ccc(C(F)(F)F)n2)cc1)N(Cc1ccncc1)C1CC1. The van der Waals surface area contributed by atoms with Crippen LogP contribution in [-0.4, -0.2) is 31.7 Å². The Balaban J connectivity index is 1.43. The Morgan fingerprint density at radius 2 is 1.79 bits per heavy atom. The van der Waals surface area contributed by atoms with Gasteiger partial charge in [0.15, 0.2) is 5.69 Å². The standard InChI is InChI=1S/C20H18F3N5O/c21-20(22,23)18-9-12-28(26-18)17-3-1-15(2-4-17)25-19(29)27(16-5-6-16)13-14-7-10-24-11-8-14/h1-4,7-12,16H,5-6,13H2,(H,25,29). The van der Waals surface area contributed by atoms with E-state index in [1.807, 2.05) is 12.1 Å². The molecule has 4 rings (SSSR count). The van der Waals surface area contributed by atoms with E-state index >= 15 is 0 Å². The van der Waals surface area contributed by atoms with Gasteiger partial charge in [0.05, 0.1) is 5.69 Å². The number of carbonyl (C=O) groups excluding carboxylic acids is 1. The van der Waals surface area contributed by atoms with E-state index in [1.54, 1.807) is 41.6 Å². The number of urea groups is 1. The molecule has 29 heavy (non-hydrogen) atoms. The fourth-order valence-electron chi connectivity index (χ4n) is 2.95. The number of amides is 2. The van der Waals surface area contributed by atoms with Gasteiger partial charge in [0.25, 0.3) is 0 Å². The molecule has 6 nitrogen and oxygen atoms in total. The third-order valence-corrected chi connectivity index (χ3v) is 4.61. The molecule has 0 spiro atoms. The summed E-state index contributed by atoms with van der Waals surface area (Å²) in [5.41, 5.74) is 1.07. The predicted octanol–water partition coefficient (Wildman–Crippen LogP) is 4.48. The first-order valence-corrected chi connectivity index (χ1v) is 9.10. The number of benzene rings is 1. The van der Waals surface area contributed by atoms with Crippen LogP contribution in [0.4, 0.5) is 23.7 Å². The van der Waals surface area contributed by atoms with Crippen LogP contribution >= 0.6 is 0 Å². The zero-order valence-electron chi connectivity index (χ0n) is 15.3. The zero-order valence-corrected chi connectivity index (χ0v) is 15.3. The molecule has 1 N–H and O–H groups in total. The quantitative estimate of drug-likeness (QED) is 0.686. The fourth-order valence-corrected chi connectivity index (χ4v) is 2.95. The van der Waals surface area contributed by atoms with Gasteiger partial charge in [-0.3, -0.25) is 4.98 Å². The first-order chi connectivity index (χ1) is 13.9. The maximum atomic E-state index is 12.7. The molecule has 0 bridgehead atoms. The van der Waals surface area contributed by atoms with Gasteiger partial charge in [0.1, 0.15) is 0 Å². The van der Waals surface area contributed by atoms with Gasteiger partial charge >= 0.3 is 12.2 Å². The second-order valence-electron chi connectivity index (χ2n) is 6.83. The molecule has 2 heterocycles. The monoisotopic (exact) mass is 401 g/mol. The van der Waals surface area contributed by atoms with E-state index in [-0.39, 0.29) is 12.1 Å². The van der Waals surface area contributed by atoms with Crippen molar-refractivity contribution >= 4 is 11.7 Å². The van der Waals surface area contributed by atoms with Crippen molar-refractivity contribution in [2.24, 2.45) is 0 Å². The van der Waals surface area contributed by atoms with Crippen molar-refractivity contribution in [2.75, 3.05) is 5.32 Å². The average molecular weight is 401 g/mol. The van der Waals surface area contributed by atoms with Crippen LogP contribution in [0.15, 0.2) is 61.1 Å². The third kappa shape index (κ3) is 4.56. The lowest BCUT2D eigenvalue weighted by molar-refractivity contribution is -0.141. The number of carbonyl (C=O) groups is 1. The van der Waals surface area contributed by atoms with Gasteiger partial charge in [-0.2, -0.15) is 18.3 Å². The van der Waals surface area contributed by atoms with Crippen LogP contribution in [0.1, 0.15) is 24.1 Å². The number of nitrogens with one attached hydrogen (secondary N) is 1. The zero-order chi connectivity index (χ0) is 20.4. The number of alkyl halides is 3. The molecule has 1 aromatic carbocycles. The van der Waals surface area contributed by atoms with Gasteiger partial charge in [0.2, 0.25) is 0 Å². The summed E-state index contributed by atoms with van der Waals surface area (Å²) < 4.78 is 39.2. The highest BCUT2D eigenvalue weighted by atomic mass is 19.4. The summed E-state index contributed by atoms with van der Waals surface area (Å²) in [6.07, 6.45) is 2.09. The van der Waals surface area contributed by atoms with Crippen molar-refractivity contribution in [3.63, 3.8) is 0 Å². The van der Waals surface area contributed by atoms with Crippen molar-refractivity contribution in [1.82, 2.24) is 19.7 Å². The Bertz CT molecular complexity index is 981. The molecule has 150 valence electrons. The molecule has 0 aliphatic heterocycles. The van der Waals surface area contributed by atoms with E-state index in [4.69, 9.17) is 0 Å². The van der Waals surface area contributed by atoms with E-state index < -0.39 is 11.9 Å². The summed E-state index contributed by atoms with van der Waals surface area (Å²) in [5.74, 6) is 0. The molecule has 1 aliphatic carbocycles. The maximum absolute atomic E-state index is 12.7. The summed E-state index contributed by atoms with van der Waals surface area (Å²) in [6.45, 7) is 0.491. The van der Waals surface area contributed by atoms with Crippen molar-refractivity contribution in [1.29, 1.82) is 0 Å². The van der Waals surface area contributed by atoms with Crippen LogP contribution in [0.2, 0.25) is 0 Å². The maximum Gasteiger partial charge on any atom is 0.435 e. The topological polar surface area (TPSA) is 63.1 Å². The molecule has 2 aromatic heterocycles. The molecule has 2 amide bonds. The summed E-state index contributed by atoms with van der Waals surface area (Å²) in [4.78, 5) is 18.5. The van der Waals surface area contributed by atoms with E-state index in [0.29, 0.717) is 17.9 Å². The highest BCUT2D eigenvalue weighted by molar-refractivity contribution is 5.89. The van der Waals surface area contributed by atoms with Gasteiger partial charge in [0, 0.05) is 36.9 Å². The van der Waals surface area contributed by atoms with Gasteiger partial charge in [-0.15, -0.1) is 0 Å². The lowest BCUT2D eigenvalue weighted by Gasteiger charge is -2.23. The molecule has 1 aliphatic rings. The Kier molecular flexibility index (Phi) is 4.96. The Labute approximate surface area is 165 Å². The van der Waals surface area contributed by atoms with Crippen LogP contribution in [-0.2, 0) is 12.7 Å². The lowest BCUT2D eigenvalue weighted by Crippen LogP contribution is -2.36. The van der Waals surface area contributed by atoms with Crippen LogP contribution in [0.3, 0.4) is 0 Å². The number of hydrogen-bond acceptors (Lipinski definition) is 3. The highest BCUT2D eigenvalue weighted by Gasteiger charge is 2.34. The van der Waals surface area contributed by atoms with Crippen LogP contribution in [0, 0.1) is 0 Å². The number of anilines is 1. The highest BCUT2D eigenvalue weighted by Crippen LogP contribution is 2.30. The second-order valence-corrected chi connectivity index (χ2v) is 6.83. The van der Waals surface area contributed by atoms with Crippen molar-refractivity contribution < 1.29 is 18.0 Å². The smallest absolute Gasteiger partial charge is 0.317 e. The van der Waals surface area contributed by atoms with E-state index in [1.165, 1.54) is 6.20 Å². The number of nitrogens with zero attached hydrogens (tertiary/aromatic N) is 4. The van der Waals surface area contributed by atoms with Crippen LogP contribution < -0.4 is 5.32 Å². The molecule has 0 saturated heterocycles. The van der Waals surface area contributed by atoms with Crippen LogP contribution in [0.5, 0.6) is 0 Å². The normalized spacial score (nSPS) is 13.9. The average Bonchev–Trinajstić information content (AvgIpc) is 3.41. The molecule has 9 heteroatoms. The minimum atomic E-state index is -4.49. The third-order valence-electron chi connectivity index (χ3n) is 4.61. The van der Waals surface area contributed by atoms with Gasteiger partial charge in [-0.1, -0.05) is 0 Å². The van der Waals surface area contributed by atoms with Crippen molar-refractivity contribution in [3.05, 3.63) is 72.3 Å². The van der Waals surface area contributed by atoms with Gasteiger partial charge in [-0.25, -0.2) is 9.48 Å². The molecule has 3 aromatic rings. The van der Waals surface area contributed by atoms with Gasteiger partial charge in [-0.05, 0) is 60.9 Å². The summed E-state index contributed by atoms with van der Waals surface area (Å²) in [7, 11) is 0. The van der Waals surface area contributed by atoms with Crippen molar-refractivity contribution in [3.8, 4) is 5.69 Å². The number of aromatic nitrogens is 3. The minimum Gasteiger partial charge on any atom is -0.317 e. The number of rotatable bonds is 5. The predicted molar refractivity (Wildman–Crippen MR) is 100 cm³/mol. The first kappa shape index (κ1) is 19.0. The minimum absolute atomic E-state index is 0.212. The molecular weight excluding hydrogens is 383 g/mol. The fraction of sp³-hybridized carbons (Fsp3) is 0.250. The Morgan fingerprint density at radius 3 is 2.38 bits per heavy atom. The molecule has 0 unspecified atom stereocenters. The Hall–Kier alpha value is -3.36. The van der Waals surface area contributed by atoms with Crippen LogP contribution in [0.25, 0.3) is 5.69 Å². The molecular formula is C20H18F3N5O.